The van der Waals surface area contributed by atoms with Crippen LogP contribution < -0.4 is 4.74 Å². The van der Waals surface area contributed by atoms with Crippen molar-refractivity contribution in [3.8, 4) is 11.5 Å². The lowest BCUT2D eigenvalue weighted by molar-refractivity contribution is 0.123. The van der Waals surface area contributed by atoms with Crippen molar-refractivity contribution in [3.05, 3.63) is 130 Å². The van der Waals surface area contributed by atoms with E-state index in [1.54, 1.807) is 0 Å². The lowest BCUT2D eigenvalue weighted by Gasteiger charge is -2.31. The second-order valence-electron chi connectivity index (χ2n) is 6.49. The summed E-state index contributed by atoms with van der Waals surface area (Å²) < 4.78 is 7.11. The number of halogens is 1. The fourth-order valence-corrected chi connectivity index (χ4v) is 3.58. The molecule has 1 unspecified atom stereocenters. The van der Waals surface area contributed by atoms with Crippen LogP contribution in [0.2, 0.25) is 0 Å². The Morgan fingerprint density at radius 1 is 0.607 bits per heavy atom. The molecule has 3 heteroatoms. The van der Waals surface area contributed by atoms with Gasteiger partial charge in [0.25, 0.3) is 0 Å². The average Bonchev–Trinajstić information content (AvgIpc) is 2.75. The summed E-state index contributed by atoms with van der Waals surface area (Å²) in [6, 6.07) is 34.6. The number of para-hydroxylation sites is 2. The summed E-state index contributed by atoms with van der Waals surface area (Å²) in [6.45, 7) is 0. The van der Waals surface area contributed by atoms with Crippen LogP contribution in [-0.4, -0.2) is 5.11 Å². The Kier molecular flexibility index (Phi) is 5.29. The number of ether oxygens (including phenoxy) is 1. The number of benzene rings is 4. The first-order valence-corrected chi connectivity index (χ1v) is 9.83. The molecule has 0 aromatic heterocycles. The van der Waals surface area contributed by atoms with E-state index in [0.717, 1.165) is 21.3 Å². The molecule has 0 bridgehead atoms. The molecule has 0 aliphatic carbocycles. The number of hydrogen-bond acceptors (Lipinski definition) is 2. The predicted octanol–water partition coefficient (Wildman–Crippen LogP) is 6.53. The predicted molar refractivity (Wildman–Crippen MR) is 116 cm³/mol. The van der Waals surface area contributed by atoms with E-state index in [0.29, 0.717) is 11.3 Å². The lowest BCUT2D eigenvalue weighted by atomic mass is 9.80. The molecule has 4 aromatic carbocycles. The van der Waals surface area contributed by atoms with Crippen LogP contribution in [0.5, 0.6) is 11.5 Å². The number of aliphatic hydroxyl groups is 1. The minimum atomic E-state index is -1.35. The van der Waals surface area contributed by atoms with Gasteiger partial charge in [-0.2, -0.15) is 0 Å². The third-order valence-corrected chi connectivity index (χ3v) is 5.23. The van der Waals surface area contributed by atoms with E-state index in [1.807, 2.05) is 109 Å². The molecule has 28 heavy (non-hydrogen) atoms. The Hall–Kier alpha value is -2.88. The van der Waals surface area contributed by atoms with Crippen LogP contribution in [0.4, 0.5) is 0 Å². The second kappa shape index (κ2) is 8.01. The van der Waals surface area contributed by atoms with Crippen molar-refractivity contribution in [1.82, 2.24) is 0 Å². The fourth-order valence-electron chi connectivity index (χ4n) is 3.32. The molecule has 0 amide bonds. The van der Waals surface area contributed by atoms with Crippen LogP contribution in [0.25, 0.3) is 0 Å². The van der Waals surface area contributed by atoms with Gasteiger partial charge in [0.05, 0.1) is 0 Å². The van der Waals surface area contributed by atoms with Crippen LogP contribution in [0.3, 0.4) is 0 Å². The molecule has 0 radical (unpaired) electrons. The van der Waals surface area contributed by atoms with Gasteiger partial charge in [-0.05, 0) is 41.5 Å². The van der Waals surface area contributed by atoms with Crippen molar-refractivity contribution < 1.29 is 9.84 Å². The summed E-state index contributed by atoms with van der Waals surface area (Å²) in [5.41, 5.74) is 0.882. The van der Waals surface area contributed by atoms with E-state index in [9.17, 15) is 5.11 Å². The van der Waals surface area contributed by atoms with Crippen molar-refractivity contribution in [2.45, 2.75) is 5.60 Å². The van der Waals surface area contributed by atoms with Gasteiger partial charge < -0.3 is 9.84 Å². The summed E-state index contributed by atoms with van der Waals surface area (Å²) in [6.07, 6.45) is 0. The van der Waals surface area contributed by atoms with Gasteiger partial charge in [0.2, 0.25) is 0 Å². The highest BCUT2D eigenvalue weighted by Gasteiger charge is 2.36. The van der Waals surface area contributed by atoms with Gasteiger partial charge in [0, 0.05) is 10.0 Å². The second-order valence-corrected chi connectivity index (χ2v) is 7.41. The van der Waals surface area contributed by atoms with E-state index in [1.165, 1.54) is 0 Å². The highest BCUT2D eigenvalue weighted by Crippen LogP contribution is 2.42. The average molecular weight is 431 g/mol. The Bertz CT molecular complexity index is 1050. The largest absolute Gasteiger partial charge is 0.457 e. The first-order valence-electron chi connectivity index (χ1n) is 9.04. The fraction of sp³-hybridized carbons (Fsp3) is 0.0400. The first kappa shape index (κ1) is 18.5. The molecular formula is C25H19BrO2. The summed E-state index contributed by atoms with van der Waals surface area (Å²) in [5.74, 6) is 1.34. The van der Waals surface area contributed by atoms with Gasteiger partial charge in [0.1, 0.15) is 17.1 Å². The van der Waals surface area contributed by atoms with Crippen LogP contribution in [0.1, 0.15) is 16.7 Å². The zero-order valence-electron chi connectivity index (χ0n) is 15.1. The van der Waals surface area contributed by atoms with Crippen molar-refractivity contribution >= 4 is 15.9 Å². The third kappa shape index (κ3) is 3.59. The normalized spacial score (nSPS) is 12.9. The van der Waals surface area contributed by atoms with Crippen LogP contribution >= 0.6 is 15.9 Å². The van der Waals surface area contributed by atoms with Crippen LogP contribution in [0, 0.1) is 0 Å². The molecule has 4 rings (SSSR count). The maximum absolute atomic E-state index is 12.1. The molecule has 2 nitrogen and oxygen atoms in total. The third-order valence-electron chi connectivity index (χ3n) is 4.70. The van der Waals surface area contributed by atoms with Crippen molar-refractivity contribution in [3.63, 3.8) is 0 Å². The minimum absolute atomic E-state index is 0.614. The van der Waals surface area contributed by atoms with Gasteiger partial charge >= 0.3 is 0 Å². The summed E-state index contributed by atoms with van der Waals surface area (Å²) >= 11 is 3.48. The molecule has 0 heterocycles. The van der Waals surface area contributed by atoms with Crippen molar-refractivity contribution in [1.29, 1.82) is 0 Å². The minimum Gasteiger partial charge on any atom is -0.457 e. The Balaban J connectivity index is 1.90. The zero-order valence-corrected chi connectivity index (χ0v) is 16.7. The van der Waals surface area contributed by atoms with Gasteiger partial charge in [-0.15, -0.1) is 0 Å². The highest BCUT2D eigenvalue weighted by atomic mass is 79.9. The quantitative estimate of drug-likeness (QED) is 0.364. The summed E-state index contributed by atoms with van der Waals surface area (Å²) in [4.78, 5) is 0. The van der Waals surface area contributed by atoms with E-state index in [4.69, 9.17) is 4.74 Å². The molecule has 0 spiro atoms. The Labute approximate surface area is 173 Å². The molecule has 138 valence electrons. The van der Waals surface area contributed by atoms with Gasteiger partial charge in [-0.25, -0.2) is 0 Å². The highest BCUT2D eigenvalue weighted by molar-refractivity contribution is 9.10. The molecule has 1 N–H and O–H groups in total. The molecule has 4 aromatic rings. The number of hydrogen-bond donors (Lipinski definition) is 1. The molecule has 1 atom stereocenters. The van der Waals surface area contributed by atoms with E-state index in [-0.39, 0.29) is 0 Å². The molecular weight excluding hydrogens is 412 g/mol. The zero-order chi connectivity index (χ0) is 19.4. The molecule has 0 fully saturated rings. The summed E-state index contributed by atoms with van der Waals surface area (Å²) in [7, 11) is 0. The van der Waals surface area contributed by atoms with Crippen molar-refractivity contribution in [2.75, 3.05) is 0 Å². The molecule has 0 aliphatic heterocycles. The van der Waals surface area contributed by atoms with Crippen LogP contribution in [0.15, 0.2) is 114 Å². The van der Waals surface area contributed by atoms with Crippen LogP contribution in [-0.2, 0) is 5.60 Å². The topological polar surface area (TPSA) is 29.5 Å². The molecule has 0 saturated heterocycles. The van der Waals surface area contributed by atoms with Gasteiger partial charge in [0.15, 0.2) is 0 Å². The number of rotatable bonds is 5. The standard InChI is InChI=1S/C25H19BrO2/c26-21-17-15-20(16-18-21)25(27,19-9-3-1-4-10-19)23-13-7-8-14-24(23)28-22-11-5-2-6-12-22/h1-18,27H. The smallest absolute Gasteiger partial charge is 0.144 e. The summed E-state index contributed by atoms with van der Waals surface area (Å²) in [5, 5.41) is 12.1. The van der Waals surface area contributed by atoms with Gasteiger partial charge in [-0.3, -0.25) is 0 Å². The molecule has 0 saturated carbocycles. The Morgan fingerprint density at radius 2 is 1.14 bits per heavy atom. The van der Waals surface area contributed by atoms with Gasteiger partial charge in [-0.1, -0.05) is 94.8 Å². The maximum atomic E-state index is 12.1. The van der Waals surface area contributed by atoms with E-state index < -0.39 is 5.60 Å². The lowest BCUT2D eigenvalue weighted by Crippen LogP contribution is -2.29. The Morgan fingerprint density at radius 3 is 1.82 bits per heavy atom. The maximum Gasteiger partial charge on any atom is 0.144 e. The molecule has 0 aliphatic rings. The SMILES string of the molecule is OC(c1ccccc1)(c1ccc(Br)cc1)c1ccccc1Oc1ccccc1. The van der Waals surface area contributed by atoms with E-state index >= 15 is 0 Å². The first-order chi connectivity index (χ1) is 13.7. The van der Waals surface area contributed by atoms with E-state index in [2.05, 4.69) is 15.9 Å². The monoisotopic (exact) mass is 430 g/mol. The van der Waals surface area contributed by atoms with Crippen molar-refractivity contribution in [2.24, 2.45) is 0 Å².